The van der Waals surface area contributed by atoms with Crippen LogP contribution in [-0.4, -0.2) is 34.1 Å². The third-order valence-corrected chi connectivity index (χ3v) is 5.71. The fraction of sp³-hybridized carbons (Fsp3) is 0.167. The molecule has 1 heterocycles. The SMILES string of the molecule is CCOc1ccc2nc(SCC(=O)NC(=O)c3cccc([N+](=O)[O-])c3)sc2c1. The summed E-state index contributed by atoms with van der Waals surface area (Å²) >= 11 is 2.64. The van der Waals surface area contributed by atoms with Crippen LogP contribution < -0.4 is 10.1 Å². The summed E-state index contributed by atoms with van der Waals surface area (Å²) in [7, 11) is 0. The third-order valence-electron chi connectivity index (χ3n) is 3.55. The number of non-ortho nitro benzene ring substituents is 1. The normalized spacial score (nSPS) is 10.6. The molecular formula is C18H15N3O5S2. The molecule has 0 bridgehead atoms. The van der Waals surface area contributed by atoms with Crippen molar-refractivity contribution in [3.05, 3.63) is 58.1 Å². The first kappa shape index (κ1) is 19.8. The van der Waals surface area contributed by atoms with E-state index in [0.29, 0.717) is 10.9 Å². The number of amides is 2. The number of carbonyl (C=O) groups is 2. The van der Waals surface area contributed by atoms with Crippen molar-refractivity contribution in [2.75, 3.05) is 12.4 Å². The fourth-order valence-electron chi connectivity index (χ4n) is 2.32. The highest BCUT2D eigenvalue weighted by molar-refractivity contribution is 8.01. The Morgan fingerprint density at radius 2 is 2.11 bits per heavy atom. The molecule has 1 N–H and O–H groups in total. The second-order valence-corrected chi connectivity index (χ2v) is 7.77. The van der Waals surface area contributed by atoms with E-state index in [9.17, 15) is 19.7 Å². The van der Waals surface area contributed by atoms with E-state index in [0.717, 1.165) is 22.0 Å². The van der Waals surface area contributed by atoms with Crippen LogP contribution in [0, 0.1) is 10.1 Å². The zero-order valence-electron chi connectivity index (χ0n) is 14.7. The average molecular weight is 417 g/mol. The van der Waals surface area contributed by atoms with Crippen molar-refractivity contribution in [3.63, 3.8) is 0 Å². The van der Waals surface area contributed by atoms with Crippen LogP contribution in [0.15, 0.2) is 46.8 Å². The van der Waals surface area contributed by atoms with Crippen LogP contribution in [0.2, 0.25) is 0 Å². The topological polar surface area (TPSA) is 111 Å². The lowest BCUT2D eigenvalue weighted by molar-refractivity contribution is -0.384. The summed E-state index contributed by atoms with van der Waals surface area (Å²) in [5, 5.41) is 13.0. The molecule has 0 aliphatic carbocycles. The average Bonchev–Trinajstić information content (AvgIpc) is 3.09. The van der Waals surface area contributed by atoms with E-state index in [1.807, 2.05) is 25.1 Å². The molecule has 0 saturated heterocycles. The number of benzene rings is 2. The summed E-state index contributed by atoms with van der Waals surface area (Å²) in [5.74, 6) is -0.426. The minimum atomic E-state index is -0.681. The summed E-state index contributed by atoms with van der Waals surface area (Å²) in [6.07, 6.45) is 0. The highest BCUT2D eigenvalue weighted by Crippen LogP contribution is 2.31. The summed E-state index contributed by atoms with van der Waals surface area (Å²) in [4.78, 5) is 38.8. The standard InChI is InChI=1S/C18H15N3O5S2/c1-2-26-13-6-7-14-15(9-13)28-18(19-14)27-10-16(22)20-17(23)11-4-3-5-12(8-11)21(24)25/h3-9H,2,10H2,1H3,(H,20,22,23). The molecule has 0 atom stereocenters. The van der Waals surface area contributed by atoms with Gasteiger partial charge >= 0.3 is 0 Å². The predicted molar refractivity (Wildman–Crippen MR) is 107 cm³/mol. The molecule has 2 amide bonds. The van der Waals surface area contributed by atoms with Crippen molar-refractivity contribution in [2.24, 2.45) is 0 Å². The number of thiazole rings is 1. The third kappa shape index (κ3) is 4.84. The summed E-state index contributed by atoms with van der Waals surface area (Å²) in [6.45, 7) is 2.48. The highest BCUT2D eigenvalue weighted by atomic mass is 32.2. The van der Waals surface area contributed by atoms with E-state index in [1.54, 1.807) is 0 Å². The second kappa shape index (κ2) is 8.81. The largest absolute Gasteiger partial charge is 0.494 e. The Morgan fingerprint density at radius 1 is 1.29 bits per heavy atom. The number of fused-ring (bicyclic) bond motifs is 1. The van der Waals surface area contributed by atoms with E-state index in [1.165, 1.54) is 41.3 Å². The van der Waals surface area contributed by atoms with Crippen LogP contribution in [0.4, 0.5) is 5.69 Å². The van der Waals surface area contributed by atoms with Gasteiger partial charge in [-0.1, -0.05) is 17.8 Å². The lowest BCUT2D eigenvalue weighted by atomic mass is 10.2. The van der Waals surface area contributed by atoms with E-state index in [2.05, 4.69) is 10.3 Å². The minimum absolute atomic E-state index is 0.00118. The number of nitro groups is 1. The molecule has 0 spiro atoms. The molecule has 0 unspecified atom stereocenters. The van der Waals surface area contributed by atoms with E-state index in [4.69, 9.17) is 4.74 Å². The molecule has 28 heavy (non-hydrogen) atoms. The van der Waals surface area contributed by atoms with Crippen molar-refractivity contribution < 1.29 is 19.2 Å². The van der Waals surface area contributed by atoms with Gasteiger partial charge in [-0.15, -0.1) is 11.3 Å². The molecular weight excluding hydrogens is 402 g/mol. The molecule has 0 fully saturated rings. The smallest absolute Gasteiger partial charge is 0.270 e. The molecule has 2 aromatic carbocycles. The van der Waals surface area contributed by atoms with E-state index in [-0.39, 0.29) is 17.0 Å². The van der Waals surface area contributed by atoms with Crippen LogP contribution in [0.25, 0.3) is 10.2 Å². The van der Waals surface area contributed by atoms with Crippen molar-refractivity contribution in [1.29, 1.82) is 0 Å². The molecule has 10 heteroatoms. The number of ether oxygens (including phenoxy) is 1. The molecule has 3 aromatic rings. The number of imide groups is 1. The lowest BCUT2D eigenvalue weighted by Crippen LogP contribution is -2.31. The Balaban J connectivity index is 1.59. The fourth-order valence-corrected chi connectivity index (χ4v) is 4.22. The van der Waals surface area contributed by atoms with Gasteiger partial charge in [-0.2, -0.15) is 0 Å². The molecule has 0 saturated carbocycles. The van der Waals surface area contributed by atoms with Gasteiger partial charge in [0.15, 0.2) is 4.34 Å². The number of nitrogens with one attached hydrogen (secondary N) is 1. The number of aromatic nitrogens is 1. The molecule has 144 valence electrons. The van der Waals surface area contributed by atoms with Gasteiger partial charge in [0.2, 0.25) is 5.91 Å². The zero-order chi connectivity index (χ0) is 20.1. The second-order valence-electron chi connectivity index (χ2n) is 5.52. The number of nitro benzene ring substituents is 1. The molecule has 0 aliphatic heterocycles. The molecule has 1 aromatic heterocycles. The maximum Gasteiger partial charge on any atom is 0.270 e. The summed E-state index contributed by atoms with van der Waals surface area (Å²) < 4.78 is 7.10. The van der Waals surface area contributed by atoms with Crippen LogP contribution >= 0.6 is 23.1 Å². The zero-order valence-corrected chi connectivity index (χ0v) is 16.3. The maximum absolute atomic E-state index is 12.1. The number of hydrogen-bond acceptors (Lipinski definition) is 8. The van der Waals surface area contributed by atoms with Gasteiger partial charge in [0.1, 0.15) is 5.75 Å². The van der Waals surface area contributed by atoms with E-state index < -0.39 is 16.7 Å². The molecule has 0 radical (unpaired) electrons. The number of nitrogens with zero attached hydrogens (tertiary/aromatic N) is 2. The van der Waals surface area contributed by atoms with Crippen LogP contribution in [0.1, 0.15) is 17.3 Å². The van der Waals surface area contributed by atoms with Crippen molar-refractivity contribution in [2.45, 2.75) is 11.3 Å². The van der Waals surface area contributed by atoms with Gasteiger partial charge < -0.3 is 4.74 Å². The van der Waals surface area contributed by atoms with Crippen LogP contribution in [0.5, 0.6) is 5.75 Å². The molecule has 0 aliphatic rings. The number of rotatable bonds is 7. The van der Waals surface area contributed by atoms with Crippen LogP contribution in [0.3, 0.4) is 0 Å². The summed E-state index contributed by atoms with van der Waals surface area (Å²) in [5.41, 5.74) is 0.649. The van der Waals surface area contributed by atoms with Gasteiger partial charge in [-0.3, -0.25) is 25.0 Å². The van der Waals surface area contributed by atoms with Gasteiger partial charge in [-0.25, -0.2) is 4.98 Å². The van der Waals surface area contributed by atoms with Gasteiger partial charge in [-0.05, 0) is 31.2 Å². The Labute approximate surface area is 168 Å². The van der Waals surface area contributed by atoms with E-state index >= 15 is 0 Å². The first-order chi connectivity index (χ1) is 13.5. The molecule has 3 rings (SSSR count). The minimum Gasteiger partial charge on any atom is -0.494 e. The number of carbonyl (C=O) groups excluding carboxylic acids is 2. The quantitative estimate of drug-likeness (QED) is 0.355. The maximum atomic E-state index is 12.1. The van der Waals surface area contributed by atoms with Crippen LogP contribution in [-0.2, 0) is 4.79 Å². The Kier molecular flexibility index (Phi) is 6.22. The van der Waals surface area contributed by atoms with Gasteiger partial charge in [0, 0.05) is 17.7 Å². The lowest BCUT2D eigenvalue weighted by Gasteiger charge is -2.03. The van der Waals surface area contributed by atoms with Crippen molar-refractivity contribution >= 4 is 50.8 Å². The number of thioether (sulfide) groups is 1. The highest BCUT2D eigenvalue weighted by Gasteiger charge is 2.15. The van der Waals surface area contributed by atoms with Crippen molar-refractivity contribution in [3.8, 4) is 5.75 Å². The van der Waals surface area contributed by atoms with Crippen molar-refractivity contribution in [1.82, 2.24) is 10.3 Å². The first-order valence-electron chi connectivity index (χ1n) is 8.21. The number of hydrogen-bond donors (Lipinski definition) is 1. The Bertz CT molecular complexity index is 1050. The predicted octanol–water partition coefficient (Wildman–Crippen LogP) is 3.65. The molecule has 8 nitrogen and oxygen atoms in total. The van der Waals surface area contributed by atoms with Gasteiger partial charge in [0.25, 0.3) is 11.6 Å². The first-order valence-corrected chi connectivity index (χ1v) is 10.0. The Morgan fingerprint density at radius 3 is 2.86 bits per heavy atom. The van der Waals surface area contributed by atoms with Gasteiger partial charge in [0.05, 0.1) is 27.5 Å². The monoisotopic (exact) mass is 417 g/mol. The Hall–Kier alpha value is -2.98. The summed E-state index contributed by atoms with van der Waals surface area (Å²) in [6, 6.07) is 10.8.